The molecule has 1 saturated heterocycles. The third kappa shape index (κ3) is 6.39. The number of carbonyl (C=O) groups is 1. The van der Waals surface area contributed by atoms with Crippen LogP contribution in [0, 0.1) is 13.8 Å². The number of piperazine rings is 1. The van der Waals surface area contributed by atoms with Crippen LogP contribution in [0.2, 0.25) is 0 Å². The van der Waals surface area contributed by atoms with Crippen molar-refractivity contribution in [2.75, 3.05) is 48.8 Å². The molecule has 0 unspecified atom stereocenters. The van der Waals surface area contributed by atoms with Crippen LogP contribution in [-0.2, 0) is 5.41 Å². The third-order valence-corrected chi connectivity index (χ3v) is 8.00. The second-order valence-corrected chi connectivity index (χ2v) is 12.1. The number of likely N-dealkylation sites (N-methyl/N-ethyl adjacent to an activating group) is 1. The summed E-state index contributed by atoms with van der Waals surface area (Å²) in [5, 5.41) is 6.27. The van der Waals surface area contributed by atoms with E-state index in [1.54, 1.807) is 0 Å². The quantitative estimate of drug-likeness (QED) is 0.262. The van der Waals surface area contributed by atoms with E-state index in [-0.39, 0.29) is 16.9 Å². The first-order valence-electron chi connectivity index (χ1n) is 14.4. The molecular formula is C34H40N6O2. The van der Waals surface area contributed by atoms with Gasteiger partial charge in [0.2, 0.25) is 0 Å². The van der Waals surface area contributed by atoms with Crippen LogP contribution < -0.4 is 21.1 Å². The van der Waals surface area contributed by atoms with Crippen molar-refractivity contribution in [1.82, 2.24) is 14.9 Å². The van der Waals surface area contributed by atoms with Gasteiger partial charge in [-0.1, -0.05) is 45.0 Å². The first-order valence-corrected chi connectivity index (χ1v) is 14.4. The highest BCUT2D eigenvalue weighted by Crippen LogP contribution is 2.32. The number of nitrogens with one attached hydrogen (secondary N) is 3. The summed E-state index contributed by atoms with van der Waals surface area (Å²) in [5.74, 6) is 0.436. The molecule has 2 aromatic carbocycles. The van der Waals surface area contributed by atoms with Crippen molar-refractivity contribution in [3.8, 4) is 11.1 Å². The number of H-pyrrole nitrogens is 1. The van der Waals surface area contributed by atoms with Crippen molar-refractivity contribution in [3.05, 3.63) is 99.6 Å². The molecule has 5 rings (SSSR count). The van der Waals surface area contributed by atoms with E-state index < -0.39 is 0 Å². The Labute approximate surface area is 247 Å². The van der Waals surface area contributed by atoms with Crippen molar-refractivity contribution in [2.24, 2.45) is 0 Å². The van der Waals surface area contributed by atoms with Gasteiger partial charge in [-0.2, -0.15) is 0 Å². The van der Waals surface area contributed by atoms with Gasteiger partial charge in [-0.3, -0.25) is 9.59 Å². The number of benzene rings is 2. The number of rotatable bonds is 6. The Morgan fingerprint density at radius 3 is 2.26 bits per heavy atom. The van der Waals surface area contributed by atoms with E-state index in [0.717, 1.165) is 59.9 Å². The predicted molar refractivity (Wildman–Crippen MR) is 172 cm³/mol. The number of amides is 1. The molecule has 3 heterocycles. The first-order chi connectivity index (χ1) is 20.0. The Morgan fingerprint density at radius 2 is 1.62 bits per heavy atom. The Balaban J connectivity index is 1.36. The lowest BCUT2D eigenvalue weighted by Gasteiger charge is -2.33. The second kappa shape index (κ2) is 11.8. The molecule has 0 aliphatic carbocycles. The van der Waals surface area contributed by atoms with Gasteiger partial charge in [-0.25, -0.2) is 4.98 Å². The normalized spacial score (nSPS) is 14.1. The Kier molecular flexibility index (Phi) is 8.18. The smallest absolute Gasteiger partial charge is 0.271 e. The lowest BCUT2D eigenvalue weighted by Crippen LogP contribution is -2.44. The lowest BCUT2D eigenvalue weighted by molar-refractivity contribution is 0.102. The molecule has 1 aliphatic heterocycles. The van der Waals surface area contributed by atoms with Gasteiger partial charge in [-0.15, -0.1) is 0 Å². The molecule has 42 heavy (non-hydrogen) atoms. The molecule has 4 aromatic rings. The molecule has 1 amide bonds. The summed E-state index contributed by atoms with van der Waals surface area (Å²) in [5.41, 5.74) is 7.23. The maximum atomic E-state index is 13.1. The van der Waals surface area contributed by atoms with Gasteiger partial charge in [-0.05, 0) is 79.4 Å². The van der Waals surface area contributed by atoms with E-state index in [1.165, 1.54) is 5.56 Å². The monoisotopic (exact) mass is 564 g/mol. The van der Waals surface area contributed by atoms with Gasteiger partial charge >= 0.3 is 0 Å². The molecule has 2 aromatic heterocycles. The summed E-state index contributed by atoms with van der Waals surface area (Å²) in [6.45, 7) is 14.3. The summed E-state index contributed by atoms with van der Waals surface area (Å²) in [4.78, 5) is 38.2. The van der Waals surface area contributed by atoms with Crippen molar-refractivity contribution in [2.45, 2.75) is 40.0 Å². The number of pyridine rings is 2. The SMILES string of the molecule is Cc1[nH]c(=O)c(Nc2ccc(N3CCN(C)CC3)cn2)cc1-c1cccc(NC(=O)c2ccc(C(C)(C)C)cc2)c1C. The topological polar surface area (TPSA) is 93.4 Å². The summed E-state index contributed by atoms with van der Waals surface area (Å²) >= 11 is 0. The van der Waals surface area contributed by atoms with Crippen molar-refractivity contribution >= 4 is 28.8 Å². The standard InChI is InChI=1S/C34H40N6O2/c1-22-27(8-7-9-29(22)38-32(41)24-10-12-25(13-11-24)34(3,4)5)28-20-30(33(42)36-23(28)2)37-31-15-14-26(21-35-31)40-18-16-39(6)17-19-40/h7-15,20-21H,16-19H2,1-6H3,(H,35,37)(H,36,42)(H,38,41). The molecule has 8 nitrogen and oxygen atoms in total. The molecule has 0 atom stereocenters. The maximum absolute atomic E-state index is 13.1. The predicted octanol–water partition coefficient (Wildman–Crippen LogP) is 6.10. The minimum atomic E-state index is -0.220. The number of hydrogen-bond donors (Lipinski definition) is 3. The molecule has 1 fully saturated rings. The van der Waals surface area contributed by atoms with Crippen molar-refractivity contribution in [3.63, 3.8) is 0 Å². The van der Waals surface area contributed by atoms with Gasteiger partial charge in [0.25, 0.3) is 11.5 Å². The molecule has 0 radical (unpaired) electrons. The summed E-state index contributed by atoms with van der Waals surface area (Å²) in [6, 6.07) is 19.3. The maximum Gasteiger partial charge on any atom is 0.271 e. The highest BCUT2D eigenvalue weighted by molar-refractivity contribution is 6.05. The fourth-order valence-corrected chi connectivity index (χ4v) is 5.22. The highest BCUT2D eigenvalue weighted by Gasteiger charge is 2.18. The van der Waals surface area contributed by atoms with Crippen molar-refractivity contribution in [1.29, 1.82) is 0 Å². The number of nitrogens with zero attached hydrogens (tertiary/aromatic N) is 3. The molecule has 3 N–H and O–H groups in total. The fourth-order valence-electron chi connectivity index (χ4n) is 5.22. The number of carbonyl (C=O) groups excluding carboxylic acids is 1. The molecule has 0 bridgehead atoms. The van der Waals surface area contributed by atoms with E-state index in [2.05, 4.69) is 58.2 Å². The van der Waals surface area contributed by atoms with Gasteiger partial charge < -0.3 is 25.4 Å². The number of anilines is 4. The fraction of sp³-hybridized carbons (Fsp3) is 0.324. The van der Waals surface area contributed by atoms with Crippen LogP contribution in [0.4, 0.5) is 22.9 Å². The molecule has 0 spiro atoms. The van der Waals surface area contributed by atoms with Gasteiger partial charge in [0.05, 0.1) is 11.9 Å². The minimum Gasteiger partial charge on any atom is -0.368 e. The lowest BCUT2D eigenvalue weighted by atomic mass is 9.86. The molecule has 218 valence electrons. The van der Waals surface area contributed by atoms with Gasteiger partial charge in [0.1, 0.15) is 11.5 Å². The molecular weight excluding hydrogens is 524 g/mol. The number of hydrogen-bond acceptors (Lipinski definition) is 6. The highest BCUT2D eigenvalue weighted by atomic mass is 16.1. The zero-order chi connectivity index (χ0) is 30.0. The van der Waals surface area contributed by atoms with Crippen LogP contribution in [0.3, 0.4) is 0 Å². The average Bonchev–Trinajstić information content (AvgIpc) is 2.96. The number of aromatic amines is 1. The average molecular weight is 565 g/mol. The molecule has 8 heteroatoms. The van der Waals surface area contributed by atoms with Crippen LogP contribution in [0.5, 0.6) is 0 Å². The van der Waals surface area contributed by atoms with E-state index in [4.69, 9.17) is 0 Å². The van der Waals surface area contributed by atoms with Crippen LogP contribution >= 0.6 is 0 Å². The summed E-state index contributed by atoms with van der Waals surface area (Å²) in [6.07, 6.45) is 1.85. The molecule has 1 aliphatic rings. The Hall–Kier alpha value is -4.43. The first kappa shape index (κ1) is 29.1. The zero-order valence-electron chi connectivity index (χ0n) is 25.3. The minimum absolute atomic E-state index is 0.0201. The van der Waals surface area contributed by atoms with Crippen molar-refractivity contribution < 1.29 is 4.79 Å². The summed E-state index contributed by atoms with van der Waals surface area (Å²) in [7, 11) is 2.14. The van der Waals surface area contributed by atoms with E-state index in [0.29, 0.717) is 17.1 Å². The van der Waals surface area contributed by atoms with E-state index in [1.807, 2.05) is 80.7 Å². The Morgan fingerprint density at radius 1 is 0.905 bits per heavy atom. The number of aromatic nitrogens is 2. The van der Waals surface area contributed by atoms with Crippen LogP contribution in [0.25, 0.3) is 11.1 Å². The van der Waals surface area contributed by atoms with Crippen LogP contribution in [0.1, 0.15) is 48.0 Å². The zero-order valence-corrected chi connectivity index (χ0v) is 25.3. The number of aryl methyl sites for hydroxylation is 1. The summed E-state index contributed by atoms with van der Waals surface area (Å²) < 4.78 is 0. The van der Waals surface area contributed by atoms with Crippen LogP contribution in [-0.4, -0.2) is 54.0 Å². The van der Waals surface area contributed by atoms with Gasteiger partial charge in [0.15, 0.2) is 0 Å². The van der Waals surface area contributed by atoms with E-state index in [9.17, 15) is 9.59 Å². The second-order valence-electron chi connectivity index (χ2n) is 12.1. The van der Waals surface area contributed by atoms with Gasteiger partial charge in [0, 0.05) is 48.7 Å². The molecule has 0 saturated carbocycles. The Bertz CT molecular complexity index is 1630. The van der Waals surface area contributed by atoms with Crippen LogP contribution in [0.15, 0.2) is 71.7 Å². The largest absolute Gasteiger partial charge is 0.368 e. The third-order valence-electron chi connectivity index (χ3n) is 8.00. The van der Waals surface area contributed by atoms with E-state index >= 15 is 0 Å².